The molecule has 0 amide bonds. The van der Waals surface area contributed by atoms with Crippen molar-refractivity contribution in [3.8, 4) is 11.3 Å². The van der Waals surface area contributed by atoms with Crippen LogP contribution in [-0.2, 0) is 13.5 Å². The Morgan fingerprint density at radius 2 is 1.76 bits per heavy atom. The zero-order valence-electron chi connectivity index (χ0n) is 10.9. The summed E-state index contributed by atoms with van der Waals surface area (Å²) in [5, 5.41) is 5.02. The lowest BCUT2D eigenvalue weighted by Gasteiger charge is -1.99. The molecule has 2 nitrogen and oxygen atoms in total. The second-order valence-corrected chi connectivity index (χ2v) is 3.96. The van der Waals surface area contributed by atoms with Crippen molar-refractivity contribution in [2.24, 2.45) is 7.05 Å². The standard InChI is InChI=1S/C12H13ClN2.C2H6/c1-3-9-4-6-10(7-5-9)12-11(13)8-15(2)14-12;1-2/h4-8H,3H2,1-2H3;1-2H3. The highest BCUT2D eigenvalue weighted by Gasteiger charge is 2.07. The Balaban J connectivity index is 0.000000686. The van der Waals surface area contributed by atoms with E-state index in [-0.39, 0.29) is 0 Å². The number of nitrogens with zero attached hydrogens (tertiary/aromatic N) is 2. The van der Waals surface area contributed by atoms with Gasteiger partial charge in [0, 0.05) is 18.8 Å². The van der Waals surface area contributed by atoms with Gasteiger partial charge >= 0.3 is 0 Å². The fourth-order valence-corrected chi connectivity index (χ4v) is 1.84. The van der Waals surface area contributed by atoms with Gasteiger partial charge in [0.1, 0.15) is 5.69 Å². The van der Waals surface area contributed by atoms with Gasteiger partial charge in [0.05, 0.1) is 5.02 Å². The van der Waals surface area contributed by atoms with Crippen LogP contribution in [0.4, 0.5) is 0 Å². The van der Waals surface area contributed by atoms with E-state index in [1.807, 2.05) is 27.1 Å². The summed E-state index contributed by atoms with van der Waals surface area (Å²) >= 11 is 6.07. The van der Waals surface area contributed by atoms with Gasteiger partial charge in [-0.25, -0.2) is 0 Å². The first-order valence-corrected chi connectivity index (χ1v) is 6.37. The number of hydrogen-bond donors (Lipinski definition) is 0. The van der Waals surface area contributed by atoms with E-state index < -0.39 is 0 Å². The summed E-state index contributed by atoms with van der Waals surface area (Å²) in [5.74, 6) is 0. The number of halogens is 1. The van der Waals surface area contributed by atoms with Crippen LogP contribution in [0.1, 0.15) is 26.3 Å². The van der Waals surface area contributed by atoms with E-state index >= 15 is 0 Å². The summed E-state index contributed by atoms with van der Waals surface area (Å²) in [4.78, 5) is 0. The molecule has 3 heteroatoms. The highest BCUT2D eigenvalue weighted by Crippen LogP contribution is 2.25. The molecule has 0 aliphatic heterocycles. The summed E-state index contributed by atoms with van der Waals surface area (Å²) in [5.41, 5.74) is 3.24. The van der Waals surface area contributed by atoms with Crippen LogP contribution in [0.3, 0.4) is 0 Å². The van der Waals surface area contributed by atoms with Crippen LogP contribution in [0, 0.1) is 0 Å². The zero-order chi connectivity index (χ0) is 12.8. The molecule has 1 aromatic heterocycles. The van der Waals surface area contributed by atoms with Crippen LogP contribution in [0.5, 0.6) is 0 Å². The molecule has 0 saturated heterocycles. The van der Waals surface area contributed by atoms with Crippen LogP contribution in [0.25, 0.3) is 11.3 Å². The van der Waals surface area contributed by atoms with Gasteiger partial charge in [0.25, 0.3) is 0 Å². The average molecular weight is 251 g/mol. The van der Waals surface area contributed by atoms with Crippen molar-refractivity contribution in [1.82, 2.24) is 9.78 Å². The van der Waals surface area contributed by atoms with E-state index in [0.29, 0.717) is 5.02 Å². The summed E-state index contributed by atoms with van der Waals surface area (Å²) in [6, 6.07) is 8.35. The van der Waals surface area contributed by atoms with Gasteiger partial charge in [0.2, 0.25) is 0 Å². The van der Waals surface area contributed by atoms with Crippen LogP contribution < -0.4 is 0 Å². The van der Waals surface area contributed by atoms with Crippen LogP contribution in [0.2, 0.25) is 5.02 Å². The molecule has 2 rings (SSSR count). The molecule has 0 aliphatic rings. The largest absolute Gasteiger partial charge is 0.274 e. The second-order valence-electron chi connectivity index (χ2n) is 3.55. The summed E-state index contributed by atoms with van der Waals surface area (Å²) < 4.78 is 1.73. The molecule has 1 aromatic carbocycles. The minimum Gasteiger partial charge on any atom is -0.274 e. The van der Waals surface area contributed by atoms with Gasteiger partial charge < -0.3 is 0 Å². The molecule has 0 spiro atoms. The third-order valence-corrected chi connectivity index (χ3v) is 2.70. The molecular formula is C14H19ClN2. The summed E-state index contributed by atoms with van der Waals surface area (Å²) in [6.07, 6.45) is 2.86. The Bertz CT molecular complexity index is 458. The van der Waals surface area contributed by atoms with Gasteiger partial charge in [-0.15, -0.1) is 0 Å². The lowest BCUT2D eigenvalue weighted by Crippen LogP contribution is -1.88. The summed E-state index contributed by atoms with van der Waals surface area (Å²) in [6.45, 7) is 6.14. The van der Waals surface area contributed by atoms with E-state index in [0.717, 1.165) is 17.7 Å². The number of aromatic nitrogens is 2. The Hall–Kier alpha value is -1.28. The lowest BCUT2D eigenvalue weighted by molar-refractivity contribution is 0.771. The van der Waals surface area contributed by atoms with Crippen LogP contribution in [-0.4, -0.2) is 9.78 Å². The molecule has 0 saturated carbocycles. The summed E-state index contributed by atoms with van der Waals surface area (Å²) in [7, 11) is 1.87. The number of rotatable bonds is 2. The van der Waals surface area contributed by atoms with Crippen molar-refractivity contribution >= 4 is 11.6 Å². The molecule has 2 aromatic rings. The predicted octanol–water partition coefficient (Wildman–Crippen LogP) is 4.33. The first kappa shape index (κ1) is 13.8. The molecular weight excluding hydrogens is 232 g/mol. The van der Waals surface area contributed by atoms with Crippen molar-refractivity contribution < 1.29 is 0 Å². The molecule has 0 radical (unpaired) electrons. The minimum atomic E-state index is 0.696. The molecule has 0 aliphatic carbocycles. The molecule has 17 heavy (non-hydrogen) atoms. The zero-order valence-corrected chi connectivity index (χ0v) is 11.6. The van der Waals surface area contributed by atoms with Crippen molar-refractivity contribution in [2.75, 3.05) is 0 Å². The quantitative estimate of drug-likeness (QED) is 0.776. The highest BCUT2D eigenvalue weighted by molar-refractivity contribution is 6.32. The average Bonchev–Trinajstić information content (AvgIpc) is 2.71. The Kier molecular flexibility index (Phi) is 5.23. The first-order valence-electron chi connectivity index (χ1n) is 5.99. The lowest BCUT2D eigenvalue weighted by atomic mass is 10.1. The Morgan fingerprint density at radius 3 is 2.18 bits per heavy atom. The molecule has 0 bridgehead atoms. The van der Waals surface area contributed by atoms with E-state index in [2.05, 4.69) is 36.3 Å². The molecule has 0 unspecified atom stereocenters. The SMILES string of the molecule is CC.CCc1ccc(-c2nn(C)cc2Cl)cc1. The molecule has 1 heterocycles. The maximum Gasteiger partial charge on any atom is 0.111 e. The Labute approximate surface area is 108 Å². The van der Waals surface area contributed by atoms with Crippen LogP contribution in [0.15, 0.2) is 30.5 Å². The molecule has 92 valence electrons. The van der Waals surface area contributed by atoms with Crippen molar-refractivity contribution in [3.05, 3.63) is 41.0 Å². The second kappa shape index (κ2) is 6.45. The van der Waals surface area contributed by atoms with Gasteiger partial charge in [-0.2, -0.15) is 5.10 Å². The minimum absolute atomic E-state index is 0.696. The highest BCUT2D eigenvalue weighted by atomic mass is 35.5. The fourth-order valence-electron chi connectivity index (χ4n) is 1.55. The Morgan fingerprint density at radius 1 is 1.18 bits per heavy atom. The molecule has 0 fully saturated rings. The number of benzene rings is 1. The van der Waals surface area contributed by atoms with E-state index in [9.17, 15) is 0 Å². The third kappa shape index (κ3) is 3.34. The first-order chi connectivity index (χ1) is 8.20. The normalized spacial score (nSPS) is 9.71. The maximum absolute atomic E-state index is 6.07. The fraction of sp³-hybridized carbons (Fsp3) is 0.357. The topological polar surface area (TPSA) is 17.8 Å². The van der Waals surface area contributed by atoms with Crippen LogP contribution >= 0.6 is 11.6 Å². The van der Waals surface area contributed by atoms with Gasteiger partial charge in [-0.05, 0) is 12.0 Å². The smallest absolute Gasteiger partial charge is 0.111 e. The predicted molar refractivity (Wildman–Crippen MR) is 74.4 cm³/mol. The monoisotopic (exact) mass is 250 g/mol. The van der Waals surface area contributed by atoms with E-state index in [1.165, 1.54) is 5.56 Å². The maximum atomic E-state index is 6.07. The van der Waals surface area contributed by atoms with Gasteiger partial charge in [0.15, 0.2) is 0 Å². The van der Waals surface area contributed by atoms with Gasteiger partial charge in [-0.3, -0.25) is 4.68 Å². The number of aryl methyl sites for hydroxylation is 2. The third-order valence-electron chi connectivity index (χ3n) is 2.42. The van der Waals surface area contributed by atoms with Crippen molar-refractivity contribution in [3.63, 3.8) is 0 Å². The molecule has 0 N–H and O–H groups in total. The van der Waals surface area contributed by atoms with Crippen molar-refractivity contribution in [2.45, 2.75) is 27.2 Å². The van der Waals surface area contributed by atoms with E-state index in [1.54, 1.807) is 4.68 Å². The van der Waals surface area contributed by atoms with Gasteiger partial charge in [-0.1, -0.05) is 56.6 Å². The van der Waals surface area contributed by atoms with Crippen molar-refractivity contribution in [1.29, 1.82) is 0 Å². The number of hydrogen-bond acceptors (Lipinski definition) is 1. The van der Waals surface area contributed by atoms with E-state index in [4.69, 9.17) is 11.6 Å². The molecule has 0 atom stereocenters.